The number of halogens is 2. The van der Waals surface area contributed by atoms with Crippen molar-refractivity contribution >= 4 is 40.2 Å². The molecule has 1 saturated heterocycles. The van der Waals surface area contributed by atoms with Crippen molar-refractivity contribution in [3.63, 3.8) is 0 Å². The number of fused-ring (bicyclic) bond motifs is 2. The second-order valence-corrected chi connectivity index (χ2v) is 8.37. The van der Waals surface area contributed by atoms with Crippen LogP contribution in [0.25, 0.3) is 21.8 Å². The van der Waals surface area contributed by atoms with Crippen LogP contribution in [-0.2, 0) is 13.1 Å². The van der Waals surface area contributed by atoms with Crippen molar-refractivity contribution in [2.75, 3.05) is 18.0 Å². The van der Waals surface area contributed by atoms with Crippen LogP contribution in [0.4, 0.5) is 10.3 Å². The Morgan fingerprint density at radius 3 is 2.76 bits per heavy atom. The molecule has 2 aromatic heterocycles. The fraction of sp³-hybridized carbons (Fsp3) is 0.320. The Morgan fingerprint density at radius 2 is 2.00 bits per heavy atom. The monoisotopic (exact) mass is 480 g/mol. The van der Waals surface area contributed by atoms with E-state index in [4.69, 9.17) is 10.7 Å². The lowest BCUT2D eigenvalue weighted by atomic mass is 10.0. The van der Waals surface area contributed by atoms with Gasteiger partial charge in [-0.25, -0.2) is 14.1 Å². The summed E-state index contributed by atoms with van der Waals surface area (Å²) in [5.74, 6) is 6.39. The van der Waals surface area contributed by atoms with Crippen LogP contribution in [0.1, 0.15) is 25.3 Å². The minimum absolute atomic E-state index is 0. The van der Waals surface area contributed by atoms with Crippen molar-refractivity contribution in [3.8, 4) is 11.8 Å². The number of imidazole rings is 1. The van der Waals surface area contributed by atoms with Crippen LogP contribution in [0, 0.1) is 17.7 Å². The summed E-state index contributed by atoms with van der Waals surface area (Å²) < 4.78 is 17.5. The van der Waals surface area contributed by atoms with Gasteiger partial charge in [-0.2, -0.15) is 5.10 Å². The number of anilines is 1. The highest BCUT2D eigenvalue weighted by Crippen LogP contribution is 2.24. The topological polar surface area (TPSA) is 82.0 Å². The Balaban J connectivity index is 0.00000274. The average Bonchev–Trinajstić information content (AvgIpc) is 3.20. The van der Waals surface area contributed by atoms with Crippen molar-refractivity contribution in [1.29, 1.82) is 0 Å². The summed E-state index contributed by atoms with van der Waals surface area (Å²) in [6.07, 6.45) is 3.57. The summed E-state index contributed by atoms with van der Waals surface area (Å²) in [6, 6.07) is 10.5. The number of nitrogens with zero attached hydrogens (tertiary/aromatic N) is 5. The second kappa shape index (κ2) is 9.84. The van der Waals surface area contributed by atoms with Gasteiger partial charge >= 0.3 is 0 Å². The molecule has 0 amide bonds. The zero-order valence-electron chi connectivity index (χ0n) is 18.9. The molecule has 1 aliphatic rings. The molecule has 3 heterocycles. The maximum atomic E-state index is 14.2. The number of rotatable bonds is 4. The SMILES string of the molecule is CC#CCn1c(N2CCC[C@@H](N)C2)nc2cnn(Cc3ccc(F)c4ccccc34)c(=O)c21.Cl. The lowest BCUT2D eigenvalue weighted by molar-refractivity contribution is 0.496. The Bertz CT molecular complexity index is 1470. The second-order valence-electron chi connectivity index (χ2n) is 8.37. The highest BCUT2D eigenvalue weighted by atomic mass is 35.5. The van der Waals surface area contributed by atoms with E-state index in [0.29, 0.717) is 35.5 Å². The molecule has 2 aromatic carbocycles. The largest absolute Gasteiger partial charge is 0.341 e. The fourth-order valence-electron chi connectivity index (χ4n) is 4.55. The van der Waals surface area contributed by atoms with Crippen molar-refractivity contribution in [1.82, 2.24) is 19.3 Å². The van der Waals surface area contributed by atoms with E-state index in [9.17, 15) is 9.18 Å². The predicted molar refractivity (Wildman–Crippen MR) is 135 cm³/mol. The van der Waals surface area contributed by atoms with Gasteiger partial charge in [0.15, 0.2) is 0 Å². The van der Waals surface area contributed by atoms with E-state index in [1.54, 1.807) is 31.3 Å². The van der Waals surface area contributed by atoms with Crippen LogP contribution in [-0.4, -0.2) is 38.5 Å². The molecule has 0 saturated carbocycles. The molecule has 9 heteroatoms. The molecular weight excluding hydrogens is 455 g/mol. The van der Waals surface area contributed by atoms with E-state index < -0.39 is 0 Å². The summed E-state index contributed by atoms with van der Waals surface area (Å²) >= 11 is 0. The zero-order valence-corrected chi connectivity index (χ0v) is 19.7. The molecule has 0 unspecified atom stereocenters. The molecule has 4 aromatic rings. The van der Waals surface area contributed by atoms with Crippen LogP contribution < -0.4 is 16.2 Å². The Hall–Kier alpha value is -3.41. The molecule has 5 rings (SSSR count). The number of nitrogens with two attached hydrogens (primary N) is 1. The predicted octanol–water partition coefficient (Wildman–Crippen LogP) is 3.31. The van der Waals surface area contributed by atoms with Gasteiger partial charge in [0.25, 0.3) is 5.56 Å². The molecule has 0 aliphatic carbocycles. The van der Waals surface area contributed by atoms with Crippen LogP contribution in [0.5, 0.6) is 0 Å². The molecule has 0 bridgehead atoms. The standard InChI is InChI=1S/C25H25FN6O.ClH/c1-2-3-13-31-23-22(29-25(31)30-12-6-7-18(27)16-30)14-28-32(24(23)33)15-17-10-11-21(26)20-9-5-4-8-19(17)20;/h4-5,8-11,14,18H,6-7,12-13,15-16,27H2,1H3;1H/t18-;/m1./s1. The van der Waals surface area contributed by atoms with Crippen LogP contribution >= 0.6 is 12.4 Å². The van der Waals surface area contributed by atoms with Crippen LogP contribution in [0.2, 0.25) is 0 Å². The molecule has 7 nitrogen and oxygen atoms in total. The minimum Gasteiger partial charge on any atom is -0.341 e. The summed E-state index contributed by atoms with van der Waals surface area (Å²) in [5.41, 5.74) is 7.76. The molecule has 1 fully saturated rings. The van der Waals surface area contributed by atoms with Crippen LogP contribution in [0.3, 0.4) is 0 Å². The first-order valence-corrected chi connectivity index (χ1v) is 11.1. The number of hydrogen-bond donors (Lipinski definition) is 1. The van der Waals surface area contributed by atoms with E-state index in [1.165, 1.54) is 10.7 Å². The first kappa shape index (κ1) is 23.7. The van der Waals surface area contributed by atoms with E-state index in [2.05, 4.69) is 21.8 Å². The number of piperidine rings is 1. The van der Waals surface area contributed by atoms with E-state index in [-0.39, 0.29) is 36.4 Å². The molecule has 1 aliphatic heterocycles. The smallest absolute Gasteiger partial charge is 0.293 e. The molecule has 34 heavy (non-hydrogen) atoms. The first-order chi connectivity index (χ1) is 16.1. The molecule has 1 atom stereocenters. The molecule has 176 valence electrons. The van der Waals surface area contributed by atoms with Gasteiger partial charge in [-0.1, -0.05) is 36.3 Å². The third-order valence-corrected chi connectivity index (χ3v) is 6.17. The summed E-state index contributed by atoms with van der Waals surface area (Å²) in [6.45, 7) is 3.87. The van der Waals surface area contributed by atoms with E-state index in [0.717, 1.165) is 30.3 Å². The van der Waals surface area contributed by atoms with Crippen molar-refractivity contribution in [3.05, 3.63) is 64.3 Å². The van der Waals surface area contributed by atoms with Crippen molar-refractivity contribution in [2.45, 2.75) is 38.9 Å². The van der Waals surface area contributed by atoms with Gasteiger partial charge in [-0.3, -0.25) is 9.36 Å². The fourth-order valence-corrected chi connectivity index (χ4v) is 4.55. The number of benzene rings is 2. The van der Waals surface area contributed by atoms with Gasteiger partial charge in [-0.15, -0.1) is 18.3 Å². The third kappa shape index (κ3) is 4.25. The normalized spacial score (nSPS) is 15.7. The maximum absolute atomic E-state index is 14.2. The highest BCUT2D eigenvalue weighted by molar-refractivity contribution is 5.86. The third-order valence-electron chi connectivity index (χ3n) is 6.17. The number of hydrogen-bond acceptors (Lipinski definition) is 5. The molecule has 2 N–H and O–H groups in total. The zero-order chi connectivity index (χ0) is 22.9. The van der Waals surface area contributed by atoms with Crippen molar-refractivity contribution in [2.24, 2.45) is 5.73 Å². The number of aromatic nitrogens is 4. The summed E-state index contributed by atoms with van der Waals surface area (Å²) in [5, 5.41) is 5.67. The van der Waals surface area contributed by atoms with Gasteiger partial charge in [0, 0.05) is 24.5 Å². The highest BCUT2D eigenvalue weighted by Gasteiger charge is 2.24. The lowest BCUT2D eigenvalue weighted by Gasteiger charge is -2.31. The van der Waals surface area contributed by atoms with E-state index >= 15 is 0 Å². The molecule has 0 radical (unpaired) electrons. The average molecular weight is 481 g/mol. The lowest BCUT2D eigenvalue weighted by Crippen LogP contribution is -2.44. The molecule has 0 spiro atoms. The summed E-state index contributed by atoms with van der Waals surface area (Å²) in [7, 11) is 0. The van der Waals surface area contributed by atoms with Gasteiger partial charge in [0.1, 0.15) is 16.9 Å². The van der Waals surface area contributed by atoms with Gasteiger partial charge in [-0.05, 0) is 36.8 Å². The first-order valence-electron chi connectivity index (χ1n) is 11.1. The van der Waals surface area contributed by atoms with Gasteiger partial charge < -0.3 is 10.6 Å². The maximum Gasteiger partial charge on any atom is 0.293 e. The van der Waals surface area contributed by atoms with Crippen molar-refractivity contribution < 1.29 is 4.39 Å². The van der Waals surface area contributed by atoms with Crippen LogP contribution in [0.15, 0.2) is 47.4 Å². The quantitative estimate of drug-likeness (QED) is 0.453. The molecular formula is C25H26ClFN6O. The van der Waals surface area contributed by atoms with Gasteiger partial charge in [0.2, 0.25) is 5.95 Å². The summed E-state index contributed by atoms with van der Waals surface area (Å²) in [4.78, 5) is 20.4. The Labute approximate surface area is 202 Å². The van der Waals surface area contributed by atoms with E-state index in [1.807, 2.05) is 16.7 Å². The Kier molecular flexibility index (Phi) is 6.87. The minimum atomic E-state index is -0.286. The Morgan fingerprint density at radius 1 is 1.21 bits per heavy atom. The van der Waals surface area contributed by atoms with Gasteiger partial charge in [0.05, 0.1) is 19.3 Å².